The van der Waals surface area contributed by atoms with E-state index in [-0.39, 0.29) is 16.3 Å². The van der Waals surface area contributed by atoms with Gasteiger partial charge >= 0.3 is 5.97 Å². The number of hydrogen-bond donors (Lipinski definition) is 1. The average Bonchev–Trinajstić information content (AvgIpc) is 3.28. The largest absolute Gasteiger partial charge is 0.452 e. The lowest BCUT2D eigenvalue weighted by Gasteiger charge is -2.22. The van der Waals surface area contributed by atoms with Crippen LogP contribution in [0.4, 0.5) is 11.5 Å². The minimum Gasteiger partial charge on any atom is -0.452 e. The molecule has 0 bridgehead atoms. The smallest absolute Gasteiger partial charge is 0.340 e. The van der Waals surface area contributed by atoms with Gasteiger partial charge < -0.3 is 15.0 Å². The number of nitrogens with zero attached hydrogens (tertiary/aromatic N) is 3. The van der Waals surface area contributed by atoms with Gasteiger partial charge in [-0.15, -0.1) is 0 Å². The first-order valence-electron chi connectivity index (χ1n) is 9.58. The number of ether oxygens (including phenoxy) is 1. The van der Waals surface area contributed by atoms with E-state index >= 15 is 0 Å². The number of nitrogens with one attached hydrogen (secondary N) is 1. The number of hydrogen-bond acceptors (Lipinski definition) is 7. The van der Waals surface area contributed by atoms with Crippen LogP contribution in [0.1, 0.15) is 23.2 Å². The molecule has 11 heteroatoms. The molecule has 0 aliphatic carbocycles. The predicted octanol–water partition coefficient (Wildman–Crippen LogP) is 2.38. The minimum atomic E-state index is -3.74. The lowest BCUT2D eigenvalue weighted by Crippen LogP contribution is -2.26. The first kappa shape index (κ1) is 23.0. The van der Waals surface area contributed by atoms with Crippen molar-refractivity contribution < 1.29 is 22.7 Å². The highest BCUT2D eigenvalue weighted by Gasteiger charge is 2.25. The normalized spacial score (nSPS) is 14.0. The monoisotopic (exact) mass is 466 g/mol. The maximum atomic E-state index is 12.8. The van der Waals surface area contributed by atoms with Crippen molar-refractivity contribution in [1.29, 1.82) is 0 Å². The van der Waals surface area contributed by atoms with Gasteiger partial charge in [0.15, 0.2) is 6.61 Å². The number of amides is 1. The first-order chi connectivity index (χ1) is 14.7. The molecule has 31 heavy (non-hydrogen) atoms. The minimum absolute atomic E-state index is 0.0257. The number of sulfonamides is 1. The highest BCUT2D eigenvalue weighted by molar-refractivity contribution is 7.89. The number of carbonyl (C=O) groups is 2. The van der Waals surface area contributed by atoms with Crippen LogP contribution < -0.4 is 10.2 Å². The molecule has 1 amide bonds. The second kappa shape index (κ2) is 9.63. The molecule has 0 spiro atoms. The Morgan fingerprint density at radius 2 is 1.90 bits per heavy atom. The lowest BCUT2D eigenvalue weighted by atomic mass is 10.1. The Labute approximate surface area is 186 Å². The van der Waals surface area contributed by atoms with E-state index in [0.717, 1.165) is 30.2 Å². The van der Waals surface area contributed by atoms with Gasteiger partial charge in [-0.05, 0) is 43.2 Å². The molecule has 3 rings (SSSR count). The topological polar surface area (TPSA) is 109 Å². The van der Waals surface area contributed by atoms with Crippen molar-refractivity contribution in [3.63, 3.8) is 0 Å². The van der Waals surface area contributed by atoms with Crippen LogP contribution in [-0.4, -0.2) is 63.4 Å². The van der Waals surface area contributed by atoms with Gasteiger partial charge in [-0.3, -0.25) is 4.79 Å². The number of anilines is 2. The Balaban J connectivity index is 1.78. The summed E-state index contributed by atoms with van der Waals surface area (Å²) in [5.74, 6) is -1.10. The van der Waals surface area contributed by atoms with Crippen molar-refractivity contribution in [1.82, 2.24) is 9.29 Å². The van der Waals surface area contributed by atoms with E-state index in [2.05, 4.69) is 10.3 Å². The molecule has 9 nitrogen and oxygen atoms in total. The molecular weight excluding hydrogens is 444 g/mol. The Bertz CT molecular complexity index is 1070. The summed E-state index contributed by atoms with van der Waals surface area (Å²) >= 11 is 5.76. The van der Waals surface area contributed by atoms with Gasteiger partial charge in [-0.2, -0.15) is 0 Å². The van der Waals surface area contributed by atoms with E-state index in [1.54, 1.807) is 12.1 Å². The maximum Gasteiger partial charge on any atom is 0.340 e. The van der Waals surface area contributed by atoms with Crippen LogP contribution in [0.2, 0.25) is 5.02 Å². The molecule has 2 aromatic rings. The molecule has 1 saturated heterocycles. The van der Waals surface area contributed by atoms with Gasteiger partial charge in [0.1, 0.15) is 5.82 Å². The van der Waals surface area contributed by atoms with Crippen LogP contribution in [-0.2, 0) is 19.6 Å². The van der Waals surface area contributed by atoms with Crippen LogP contribution in [0.3, 0.4) is 0 Å². The van der Waals surface area contributed by atoms with Crippen molar-refractivity contribution in [3.05, 3.63) is 47.1 Å². The summed E-state index contributed by atoms with van der Waals surface area (Å²) in [5, 5.41) is 2.92. The number of rotatable bonds is 7. The third-order valence-electron chi connectivity index (χ3n) is 4.74. The first-order valence-corrected chi connectivity index (χ1v) is 11.4. The molecule has 1 aromatic carbocycles. The number of carbonyl (C=O) groups excluding carboxylic acids is 2. The molecule has 1 N–H and O–H groups in total. The Morgan fingerprint density at radius 1 is 1.19 bits per heavy atom. The molecule has 1 aromatic heterocycles. The average molecular weight is 467 g/mol. The van der Waals surface area contributed by atoms with E-state index in [1.165, 1.54) is 38.5 Å². The van der Waals surface area contributed by atoms with E-state index < -0.39 is 28.5 Å². The van der Waals surface area contributed by atoms with Crippen LogP contribution in [0, 0.1) is 0 Å². The molecule has 0 atom stereocenters. The summed E-state index contributed by atoms with van der Waals surface area (Å²) in [4.78, 5) is 30.8. The van der Waals surface area contributed by atoms with E-state index in [9.17, 15) is 18.0 Å². The summed E-state index contributed by atoms with van der Waals surface area (Å²) < 4.78 is 31.3. The number of benzene rings is 1. The highest BCUT2D eigenvalue weighted by Crippen LogP contribution is 2.28. The zero-order chi connectivity index (χ0) is 22.6. The van der Waals surface area contributed by atoms with Crippen molar-refractivity contribution in [2.75, 3.05) is 44.0 Å². The summed E-state index contributed by atoms with van der Waals surface area (Å²) in [5.41, 5.74) is 0.683. The zero-order valence-electron chi connectivity index (χ0n) is 17.2. The number of halogens is 1. The fourth-order valence-corrected chi connectivity index (χ4v) is 4.16. The molecular formula is C20H23ClN4O5S. The number of esters is 1. The third-order valence-corrected chi connectivity index (χ3v) is 6.78. The van der Waals surface area contributed by atoms with Crippen LogP contribution >= 0.6 is 11.6 Å². The molecule has 0 unspecified atom stereocenters. The van der Waals surface area contributed by atoms with Crippen molar-refractivity contribution >= 4 is 45.0 Å². The van der Waals surface area contributed by atoms with E-state index in [4.69, 9.17) is 16.3 Å². The molecule has 2 heterocycles. The second-order valence-corrected chi connectivity index (χ2v) is 9.73. The predicted molar refractivity (Wildman–Crippen MR) is 117 cm³/mol. The standard InChI is InChI=1S/C20H23ClN4O5S/c1-24(2)31(28,29)15-6-7-17(25-9-3-4-10-25)16(11-15)20(27)30-13-19(26)23-18-8-5-14(21)12-22-18/h5-8,11-12H,3-4,9-10,13H2,1-2H3,(H,22,23,26). The highest BCUT2D eigenvalue weighted by atomic mass is 35.5. The van der Waals surface area contributed by atoms with Gasteiger partial charge in [0.2, 0.25) is 10.0 Å². The van der Waals surface area contributed by atoms with Gasteiger partial charge in [0, 0.05) is 33.4 Å². The fraction of sp³-hybridized carbons (Fsp3) is 0.350. The third kappa shape index (κ3) is 5.52. The number of aromatic nitrogens is 1. The van der Waals surface area contributed by atoms with E-state index in [1.807, 2.05) is 4.90 Å². The quantitative estimate of drug-likeness (QED) is 0.624. The van der Waals surface area contributed by atoms with Gasteiger partial charge in [-0.25, -0.2) is 22.5 Å². The number of pyridine rings is 1. The van der Waals surface area contributed by atoms with Gasteiger partial charge in [0.05, 0.1) is 21.2 Å². The van der Waals surface area contributed by atoms with E-state index in [0.29, 0.717) is 10.7 Å². The molecule has 166 valence electrons. The van der Waals surface area contributed by atoms with Gasteiger partial charge in [0.25, 0.3) is 5.91 Å². The summed E-state index contributed by atoms with van der Waals surface area (Å²) in [7, 11) is -0.913. The second-order valence-electron chi connectivity index (χ2n) is 7.15. The Morgan fingerprint density at radius 3 is 2.52 bits per heavy atom. The molecule has 1 aliphatic heterocycles. The molecule has 0 saturated carbocycles. The van der Waals surface area contributed by atoms with Crippen LogP contribution in [0.15, 0.2) is 41.4 Å². The summed E-state index contributed by atoms with van der Waals surface area (Å²) in [6.07, 6.45) is 3.33. The Hall–Kier alpha value is -2.69. The van der Waals surface area contributed by atoms with Gasteiger partial charge in [-0.1, -0.05) is 11.6 Å². The van der Waals surface area contributed by atoms with Crippen molar-refractivity contribution in [2.24, 2.45) is 0 Å². The molecule has 1 aliphatic rings. The van der Waals surface area contributed by atoms with Crippen molar-refractivity contribution in [3.8, 4) is 0 Å². The van der Waals surface area contributed by atoms with Crippen molar-refractivity contribution in [2.45, 2.75) is 17.7 Å². The Kier molecular flexibility index (Phi) is 7.14. The fourth-order valence-electron chi connectivity index (χ4n) is 3.12. The van der Waals surface area contributed by atoms with Crippen LogP contribution in [0.25, 0.3) is 0 Å². The molecule has 0 radical (unpaired) electrons. The summed E-state index contributed by atoms with van der Waals surface area (Å²) in [6, 6.07) is 7.46. The van der Waals surface area contributed by atoms with Crippen LogP contribution in [0.5, 0.6) is 0 Å². The summed E-state index contributed by atoms with van der Waals surface area (Å²) in [6.45, 7) is 0.957. The SMILES string of the molecule is CN(C)S(=O)(=O)c1ccc(N2CCCC2)c(C(=O)OCC(=O)Nc2ccc(Cl)cn2)c1. The maximum absolute atomic E-state index is 12.8. The zero-order valence-corrected chi connectivity index (χ0v) is 18.7. The lowest BCUT2D eigenvalue weighted by molar-refractivity contribution is -0.119. The molecule has 1 fully saturated rings.